The third-order valence-electron chi connectivity index (χ3n) is 2.42. The van der Waals surface area contributed by atoms with Crippen LogP contribution >= 0.6 is 0 Å². The van der Waals surface area contributed by atoms with E-state index in [1.165, 1.54) is 0 Å². The van der Waals surface area contributed by atoms with Gasteiger partial charge in [0, 0.05) is 18.2 Å². The number of ether oxygens (including phenoxy) is 2. The summed E-state index contributed by atoms with van der Waals surface area (Å²) in [6.07, 6.45) is -0.606. The number of ketones is 1. The van der Waals surface area contributed by atoms with Crippen molar-refractivity contribution in [1.82, 2.24) is 4.98 Å². The number of aryl methyl sites for hydroxylation is 1. The third kappa shape index (κ3) is 2.33. The van der Waals surface area contributed by atoms with Crippen LogP contribution in [0.25, 0.3) is 0 Å². The highest BCUT2D eigenvalue weighted by molar-refractivity contribution is 5.83. The second-order valence-corrected chi connectivity index (χ2v) is 4.61. The summed E-state index contributed by atoms with van der Waals surface area (Å²) < 4.78 is 10.6. The molecule has 0 bridgehead atoms. The maximum atomic E-state index is 11.8. The predicted octanol–water partition coefficient (Wildman–Crippen LogP) is 1.40. The number of nitrogens with one attached hydrogen (secondary N) is 1. The molecular formula is C12H15NO4. The fourth-order valence-corrected chi connectivity index (χ4v) is 1.72. The van der Waals surface area contributed by atoms with Crippen molar-refractivity contribution in [3.05, 3.63) is 22.1 Å². The van der Waals surface area contributed by atoms with E-state index in [4.69, 9.17) is 9.47 Å². The summed E-state index contributed by atoms with van der Waals surface area (Å²) in [5, 5.41) is 0. The van der Waals surface area contributed by atoms with Crippen LogP contribution in [-0.2, 0) is 4.79 Å². The first-order chi connectivity index (χ1) is 7.97. The molecule has 0 saturated carbocycles. The number of aromatic nitrogens is 1. The van der Waals surface area contributed by atoms with Gasteiger partial charge in [-0.05, 0) is 12.8 Å². The van der Waals surface area contributed by atoms with Gasteiger partial charge in [0.2, 0.25) is 11.5 Å². The number of carbonyl (C=O) groups is 1. The molecule has 5 heteroatoms. The van der Waals surface area contributed by atoms with Crippen LogP contribution in [0.2, 0.25) is 0 Å². The molecule has 5 nitrogen and oxygen atoms in total. The van der Waals surface area contributed by atoms with E-state index in [0.29, 0.717) is 17.9 Å². The van der Waals surface area contributed by atoms with Gasteiger partial charge >= 0.3 is 6.29 Å². The van der Waals surface area contributed by atoms with Gasteiger partial charge in [0.05, 0.1) is 0 Å². The molecule has 0 spiro atoms. The van der Waals surface area contributed by atoms with Crippen molar-refractivity contribution < 1.29 is 14.3 Å². The topological polar surface area (TPSA) is 68.4 Å². The highest BCUT2D eigenvalue weighted by Crippen LogP contribution is 2.31. The van der Waals surface area contributed by atoms with Gasteiger partial charge in [-0.3, -0.25) is 9.59 Å². The van der Waals surface area contributed by atoms with Crippen LogP contribution in [0.1, 0.15) is 26.0 Å². The van der Waals surface area contributed by atoms with Crippen molar-refractivity contribution >= 4 is 5.78 Å². The normalized spacial score (nSPS) is 17.5. The average molecular weight is 237 g/mol. The largest absolute Gasteiger partial charge is 0.444 e. The summed E-state index contributed by atoms with van der Waals surface area (Å²) >= 11 is 0. The number of rotatable bonds is 3. The molecule has 1 aromatic heterocycles. The van der Waals surface area contributed by atoms with E-state index in [2.05, 4.69) is 4.98 Å². The number of carbonyl (C=O) groups excluding carboxylic acids is 1. The second-order valence-electron chi connectivity index (χ2n) is 4.61. The van der Waals surface area contributed by atoms with Crippen molar-refractivity contribution in [3.63, 3.8) is 0 Å². The molecule has 17 heavy (non-hydrogen) atoms. The first-order valence-electron chi connectivity index (χ1n) is 5.57. The summed E-state index contributed by atoms with van der Waals surface area (Å²) in [6, 6.07) is 1.65. The molecule has 1 atom stereocenters. The van der Waals surface area contributed by atoms with E-state index >= 15 is 0 Å². The number of fused-ring (bicyclic) bond motifs is 1. The minimum Gasteiger partial charge on any atom is -0.444 e. The van der Waals surface area contributed by atoms with Gasteiger partial charge in [-0.15, -0.1) is 0 Å². The van der Waals surface area contributed by atoms with Crippen LogP contribution < -0.4 is 15.0 Å². The maximum absolute atomic E-state index is 11.8. The Bertz CT molecular complexity index is 504. The summed E-state index contributed by atoms with van der Waals surface area (Å²) in [7, 11) is 0. The lowest BCUT2D eigenvalue weighted by Gasteiger charge is -2.09. The number of hydrogen-bond acceptors (Lipinski definition) is 4. The van der Waals surface area contributed by atoms with Gasteiger partial charge in [-0.25, -0.2) is 0 Å². The Morgan fingerprint density at radius 3 is 2.82 bits per heavy atom. The standard InChI is InChI=1S/C12H15NO4/c1-6(2)4-8(14)12-16-9-5-7(3)13-11(15)10(9)17-12/h5-6,12H,4H2,1-3H3,(H,13,15). The van der Waals surface area contributed by atoms with E-state index in [-0.39, 0.29) is 23.0 Å². The fraction of sp³-hybridized carbons (Fsp3) is 0.500. The van der Waals surface area contributed by atoms with Crippen LogP contribution in [-0.4, -0.2) is 17.1 Å². The van der Waals surface area contributed by atoms with Crippen molar-refractivity contribution in [2.75, 3.05) is 0 Å². The number of H-pyrrole nitrogens is 1. The molecule has 1 N–H and O–H groups in total. The molecule has 1 aromatic rings. The van der Waals surface area contributed by atoms with Crippen molar-refractivity contribution in [2.24, 2.45) is 5.92 Å². The first-order valence-corrected chi connectivity index (χ1v) is 5.57. The number of Topliss-reactive ketones (excluding diaryl/α,β-unsaturated/α-hetero) is 1. The lowest BCUT2D eigenvalue weighted by molar-refractivity contribution is -0.135. The maximum Gasteiger partial charge on any atom is 0.301 e. The van der Waals surface area contributed by atoms with E-state index in [9.17, 15) is 9.59 Å². The molecule has 0 aliphatic carbocycles. The smallest absolute Gasteiger partial charge is 0.301 e. The Morgan fingerprint density at radius 1 is 1.47 bits per heavy atom. The quantitative estimate of drug-likeness (QED) is 0.862. The minimum atomic E-state index is -0.977. The highest BCUT2D eigenvalue weighted by atomic mass is 16.7. The van der Waals surface area contributed by atoms with Gasteiger partial charge in [0.15, 0.2) is 5.75 Å². The van der Waals surface area contributed by atoms with Crippen molar-refractivity contribution in [1.29, 1.82) is 0 Å². The zero-order valence-electron chi connectivity index (χ0n) is 10.1. The lowest BCUT2D eigenvalue weighted by atomic mass is 10.1. The average Bonchev–Trinajstić information content (AvgIpc) is 2.60. The fourth-order valence-electron chi connectivity index (χ4n) is 1.72. The summed E-state index contributed by atoms with van der Waals surface area (Å²) in [5.41, 5.74) is 0.314. The monoisotopic (exact) mass is 237 g/mol. The first kappa shape index (κ1) is 11.7. The Labute approximate surface area is 98.7 Å². The number of pyridine rings is 1. The van der Waals surface area contributed by atoms with E-state index < -0.39 is 6.29 Å². The van der Waals surface area contributed by atoms with E-state index in [1.807, 2.05) is 13.8 Å². The molecule has 0 saturated heterocycles. The molecule has 2 heterocycles. The molecule has 0 radical (unpaired) electrons. The van der Waals surface area contributed by atoms with Gasteiger partial charge in [0.25, 0.3) is 5.56 Å². The molecular weight excluding hydrogens is 222 g/mol. The molecule has 1 aliphatic rings. The van der Waals surface area contributed by atoms with E-state index in [1.54, 1.807) is 13.0 Å². The minimum absolute atomic E-state index is 0.0951. The molecule has 1 aliphatic heterocycles. The summed E-state index contributed by atoms with van der Waals surface area (Å²) in [6.45, 7) is 5.63. The SMILES string of the molecule is Cc1cc2c(c(=O)[nH]1)OC(C(=O)CC(C)C)O2. The van der Waals surface area contributed by atoms with Crippen LogP contribution in [0.15, 0.2) is 10.9 Å². The molecule has 92 valence electrons. The van der Waals surface area contributed by atoms with Gasteiger partial charge < -0.3 is 14.5 Å². The van der Waals surface area contributed by atoms with Gasteiger partial charge in [-0.1, -0.05) is 13.8 Å². The molecule has 0 aromatic carbocycles. The summed E-state index contributed by atoms with van der Waals surface area (Å²) in [4.78, 5) is 25.9. The lowest BCUT2D eigenvalue weighted by Crippen LogP contribution is -2.30. The van der Waals surface area contributed by atoms with Gasteiger partial charge in [0.1, 0.15) is 0 Å². The number of hydrogen-bond donors (Lipinski definition) is 1. The molecule has 0 fully saturated rings. The molecule has 1 unspecified atom stereocenters. The Kier molecular flexibility index (Phi) is 2.92. The Hall–Kier alpha value is -1.78. The van der Waals surface area contributed by atoms with Crippen LogP contribution in [0, 0.1) is 12.8 Å². The molecule has 2 rings (SSSR count). The zero-order chi connectivity index (χ0) is 12.6. The Balaban J connectivity index is 2.19. The van der Waals surface area contributed by atoms with Crippen molar-refractivity contribution in [3.8, 4) is 11.5 Å². The highest BCUT2D eigenvalue weighted by Gasteiger charge is 2.32. The van der Waals surface area contributed by atoms with Crippen molar-refractivity contribution in [2.45, 2.75) is 33.5 Å². The molecule has 0 amide bonds. The third-order valence-corrected chi connectivity index (χ3v) is 2.42. The van der Waals surface area contributed by atoms with Crippen LogP contribution in [0.5, 0.6) is 11.5 Å². The van der Waals surface area contributed by atoms with E-state index in [0.717, 1.165) is 0 Å². The van der Waals surface area contributed by atoms with Crippen LogP contribution in [0.4, 0.5) is 0 Å². The second kappa shape index (κ2) is 4.24. The van der Waals surface area contributed by atoms with Crippen LogP contribution in [0.3, 0.4) is 0 Å². The zero-order valence-corrected chi connectivity index (χ0v) is 10.1. The predicted molar refractivity (Wildman–Crippen MR) is 61.3 cm³/mol. The van der Waals surface area contributed by atoms with Gasteiger partial charge in [-0.2, -0.15) is 0 Å². The number of aromatic amines is 1. The summed E-state index contributed by atoms with van der Waals surface area (Å²) in [5.74, 6) is 0.526. The Morgan fingerprint density at radius 2 is 2.18 bits per heavy atom.